The highest BCUT2D eigenvalue weighted by Gasteiger charge is 2.20. The van der Waals surface area contributed by atoms with Crippen LogP contribution in [0.1, 0.15) is 17.2 Å². The molecule has 1 atom stereocenters. The molecule has 2 aromatic carbocycles. The lowest BCUT2D eigenvalue weighted by Gasteiger charge is -2.22. The molecule has 0 bridgehead atoms. The average Bonchev–Trinajstić information content (AvgIpc) is 2.69. The zero-order valence-corrected chi connectivity index (χ0v) is 14.6. The van der Waals surface area contributed by atoms with E-state index < -0.39 is 0 Å². The molecule has 0 spiro atoms. The summed E-state index contributed by atoms with van der Waals surface area (Å²) in [6, 6.07) is 18.7. The summed E-state index contributed by atoms with van der Waals surface area (Å²) >= 11 is 6.33. The zero-order valence-electron chi connectivity index (χ0n) is 13.8. The molecule has 0 aliphatic rings. The molecule has 0 fully saturated rings. The van der Waals surface area contributed by atoms with Crippen molar-refractivity contribution in [1.82, 2.24) is 9.97 Å². The van der Waals surface area contributed by atoms with Crippen molar-refractivity contribution < 1.29 is 5.11 Å². The van der Waals surface area contributed by atoms with Gasteiger partial charge in [-0.1, -0.05) is 48.0 Å². The smallest absolute Gasteiger partial charge is 0.147 e. The van der Waals surface area contributed by atoms with Gasteiger partial charge in [-0.15, -0.1) is 0 Å². The second-order valence-corrected chi connectivity index (χ2v) is 6.33. The Bertz CT molecular complexity index is 1050. The number of aromatic nitrogens is 2. The van der Waals surface area contributed by atoms with Crippen LogP contribution in [0.4, 0.5) is 5.69 Å². The highest BCUT2D eigenvalue weighted by molar-refractivity contribution is 6.33. The third-order valence-electron chi connectivity index (χ3n) is 4.28. The third kappa shape index (κ3) is 3.07. The van der Waals surface area contributed by atoms with Gasteiger partial charge >= 0.3 is 0 Å². The van der Waals surface area contributed by atoms with Crippen LogP contribution in [0.15, 0.2) is 79.3 Å². The summed E-state index contributed by atoms with van der Waals surface area (Å²) in [5.74, 6) is 0.150. The number of phenols is 1. The lowest BCUT2D eigenvalue weighted by Crippen LogP contribution is -2.13. The number of aromatic hydroxyl groups is 1. The average molecular weight is 362 g/mol. The first kappa shape index (κ1) is 16.4. The van der Waals surface area contributed by atoms with Crippen LogP contribution >= 0.6 is 11.6 Å². The third-order valence-corrected chi connectivity index (χ3v) is 4.61. The van der Waals surface area contributed by atoms with Crippen LogP contribution in [-0.2, 0) is 0 Å². The molecule has 2 heterocycles. The molecule has 5 heteroatoms. The largest absolute Gasteiger partial charge is 0.505 e. The van der Waals surface area contributed by atoms with E-state index in [4.69, 9.17) is 11.6 Å². The molecule has 0 aliphatic carbocycles. The van der Waals surface area contributed by atoms with Gasteiger partial charge in [-0.25, -0.2) is 0 Å². The summed E-state index contributed by atoms with van der Waals surface area (Å²) in [5.41, 5.74) is 2.98. The number of halogens is 1. The van der Waals surface area contributed by atoms with Crippen LogP contribution in [0.2, 0.25) is 5.02 Å². The maximum atomic E-state index is 10.9. The second-order valence-electron chi connectivity index (χ2n) is 5.92. The number of benzene rings is 2. The van der Waals surface area contributed by atoms with Crippen molar-refractivity contribution in [3.8, 4) is 5.75 Å². The van der Waals surface area contributed by atoms with Gasteiger partial charge in [0.2, 0.25) is 0 Å². The predicted molar refractivity (Wildman–Crippen MR) is 105 cm³/mol. The lowest BCUT2D eigenvalue weighted by atomic mass is 9.97. The van der Waals surface area contributed by atoms with E-state index in [1.165, 1.54) is 0 Å². The summed E-state index contributed by atoms with van der Waals surface area (Å²) in [5, 5.41) is 15.8. The van der Waals surface area contributed by atoms with Crippen LogP contribution in [0.25, 0.3) is 10.9 Å². The number of nitrogens with one attached hydrogen (secondary N) is 1. The molecule has 0 saturated heterocycles. The van der Waals surface area contributed by atoms with Gasteiger partial charge < -0.3 is 10.4 Å². The van der Waals surface area contributed by atoms with Crippen LogP contribution in [0, 0.1) is 0 Å². The van der Waals surface area contributed by atoms with Gasteiger partial charge in [0.15, 0.2) is 0 Å². The van der Waals surface area contributed by atoms with Crippen LogP contribution in [-0.4, -0.2) is 15.1 Å². The number of pyridine rings is 2. The van der Waals surface area contributed by atoms with Gasteiger partial charge in [0.1, 0.15) is 11.3 Å². The highest BCUT2D eigenvalue weighted by atomic mass is 35.5. The minimum atomic E-state index is -0.324. The maximum Gasteiger partial charge on any atom is 0.147 e. The van der Waals surface area contributed by atoms with E-state index in [1.807, 2.05) is 60.7 Å². The topological polar surface area (TPSA) is 58.0 Å². The van der Waals surface area contributed by atoms with Gasteiger partial charge in [-0.3, -0.25) is 9.97 Å². The Balaban J connectivity index is 1.86. The SMILES string of the molecule is Oc1c([C@@H](Nc2ccccc2Cl)c2cccnc2)ccc2cccnc12. The van der Waals surface area contributed by atoms with Gasteiger partial charge in [-0.2, -0.15) is 0 Å². The predicted octanol–water partition coefficient (Wildman–Crippen LogP) is 5.19. The lowest BCUT2D eigenvalue weighted by molar-refractivity contribution is 0.471. The van der Waals surface area contributed by atoms with Gasteiger partial charge in [-0.05, 0) is 29.8 Å². The molecule has 4 aromatic rings. The molecule has 128 valence electrons. The molecule has 0 amide bonds. The van der Waals surface area contributed by atoms with Gasteiger partial charge in [0.05, 0.1) is 16.8 Å². The zero-order chi connectivity index (χ0) is 17.9. The molecule has 0 radical (unpaired) electrons. The fourth-order valence-electron chi connectivity index (χ4n) is 3.00. The van der Waals surface area contributed by atoms with Crippen LogP contribution < -0.4 is 5.32 Å². The van der Waals surface area contributed by atoms with E-state index in [0.717, 1.165) is 16.6 Å². The van der Waals surface area contributed by atoms with Crippen molar-refractivity contribution in [3.05, 3.63) is 95.4 Å². The van der Waals surface area contributed by atoms with Gasteiger partial charge in [0.25, 0.3) is 0 Å². The molecule has 2 N–H and O–H groups in total. The molecule has 4 rings (SSSR count). The van der Waals surface area contributed by atoms with Crippen LogP contribution in [0.3, 0.4) is 0 Å². The Hall–Kier alpha value is -3.11. The first-order valence-electron chi connectivity index (χ1n) is 8.21. The quantitative estimate of drug-likeness (QED) is 0.525. The first-order valence-corrected chi connectivity index (χ1v) is 8.59. The number of hydrogen-bond donors (Lipinski definition) is 2. The molecule has 4 nitrogen and oxygen atoms in total. The van der Waals surface area contributed by atoms with E-state index in [2.05, 4.69) is 15.3 Å². The summed E-state index contributed by atoms with van der Waals surface area (Å²) in [7, 11) is 0. The molecule has 2 aromatic heterocycles. The number of hydrogen-bond acceptors (Lipinski definition) is 4. The van der Waals surface area contributed by atoms with Crippen LogP contribution in [0.5, 0.6) is 5.75 Å². The van der Waals surface area contributed by atoms with E-state index in [1.54, 1.807) is 18.6 Å². The van der Waals surface area contributed by atoms with E-state index in [0.29, 0.717) is 16.1 Å². The maximum absolute atomic E-state index is 10.9. The Kier molecular flexibility index (Phi) is 4.42. The molecule has 0 aliphatic heterocycles. The number of fused-ring (bicyclic) bond motifs is 1. The summed E-state index contributed by atoms with van der Waals surface area (Å²) in [6.45, 7) is 0. The Labute approximate surface area is 156 Å². The Morgan fingerprint density at radius 2 is 1.77 bits per heavy atom. The monoisotopic (exact) mass is 361 g/mol. The van der Waals surface area contributed by atoms with Crippen molar-refractivity contribution in [3.63, 3.8) is 0 Å². The Morgan fingerprint density at radius 3 is 2.58 bits per heavy atom. The fraction of sp³-hybridized carbons (Fsp3) is 0.0476. The van der Waals surface area contributed by atoms with E-state index in [9.17, 15) is 5.11 Å². The van der Waals surface area contributed by atoms with Gasteiger partial charge in [0, 0.05) is 29.5 Å². The summed E-state index contributed by atoms with van der Waals surface area (Å²) in [6.07, 6.45) is 5.17. The van der Waals surface area contributed by atoms with E-state index >= 15 is 0 Å². The molecule has 0 unspecified atom stereocenters. The van der Waals surface area contributed by atoms with Crippen molar-refractivity contribution >= 4 is 28.2 Å². The summed E-state index contributed by atoms with van der Waals surface area (Å²) < 4.78 is 0. The minimum absolute atomic E-state index is 0.150. The highest BCUT2D eigenvalue weighted by Crippen LogP contribution is 2.37. The number of anilines is 1. The van der Waals surface area contributed by atoms with E-state index in [-0.39, 0.29) is 11.8 Å². The standard InChI is InChI=1S/C21H16ClN3O/c22-17-7-1-2-8-18(17)25-19(15-6-3-11-23-13-15)16-10-9-14-5-4-12-24-20(14)21(16)26/h1-13,19,25-26H/t19-/m0/s1. The van der Waals surface area contributed by atoms with Crippen molar-refractivity contribution in [2.45, 2.75) is 6.04 Å². The normalized spacial score (nSPS) is 12.0. The number of phenolic OH excluding ortho intramolecular Hbond substituents is 1. The first-order chi connectivity index (χ1) is 12.7. The summed E-state index contributed by atoms with van der Waals surface area (Å²) in [4.78, 5) is 8.54. The molecular weight excluding hydrogens is 346 g/mol. The molecule has 0 saturated carbocycles. The number of para-hydroxylation sites is 1. The second kappa shape index (κ2) is 7.02. The fourth-order valence-corrected chi connectivity index (χ4v) is 3.19. The Morgan fingerprint density at radius 1 is 0.923 bits per heavy atom. The van der Waals surface area contributed by atoms with Crippen molar-refractivity contribution in [1.29, 1.82) is 0 Å². The molecular formula is C21H16ClN3O. The molecule has 26 heavy (non-hydrogen) atoms. The number of nitrogens with zero attached hydrogens (tertiary/aromatic N) is 2. The van der Waals surface area contributed by atoms with Crippen molar-refractivity contribution in [2.24, 2.45) is 0 Å². The van der Waals surface area contributed by atoms with Crippen molar-refractivity contribution in [2.75, 3.05) is 5.32 Å². The number of rotatable bonds is 4. The minimum Gasteiger partial charge on any atom is -0.505 e.